The highest BCUT2D eigenvalue weighted by atomic mass is 35.5. The van der Waals surface area contributed by atoms with Gasteiger partial charge in [-0.15, -0.1) is 11.3 Å². The van der Waals surface area contributed by atoms with E-state index >= 15 is 0 Å². The lowest BCUT2D eigenvalue weighted by molar-refractivity contribution is 0.0954. The van der Waals surface area contributed by atoms with Gasteiger partial charge in [0, 0.05) is 17.0 Å². The SMILES string of the molecule is CCCCCOc1c(Cl)cc(C(=O)Nc2sc3c(c2C(=O)NCCc2ccccc2)CCC3)cc1Cl. The molecular formula is C28H30Cl2N2O3S. The molecule has 0 spiro atoms. The van der Waals surface area contributed by atoms with Gasteiger partial charge in [-0.25, -0.2) is 0 Å². The molecule has 190 valence electrons. The molecule has 0 radical (unpaired) electrons. The molecule has 4 rings (SSSR count). The molecule has 1 aliphatic rings. The van der Waals surface area contributed by atoms with E-state index in [0.717, 1.165) is 60.9 Å². The molecule has 0 bridgehead atoms. The van der Waals surface area contributed by atoms with Gasteiger partial charge in [-0.3, -0.25) is 9.59 Å². The number of nitrogens with one attached hydrogen (secondary N) is 2. The molecule has 0 fully saturated rings. The number of halogens is 2. The van der Waals surface area contributed by atoms with Crippen LogP contribution >= 0.6 is 34.5 Å². The van der Waals surface area contributed by atoms with Gasteiger partial charge in [0.2, 0.25) is 0 Å². The van der Waals surface area contributed by atoms with Crippen molar-refractivity contribution >= 4 is 51.4 Å². The van der Waals surface area contributed by atoms with Crippen molar-refractivity contribution in [1.29, 1.82) is 0 Å². The zero-order valence-electron chi connectivity index (χ0n) is 20.3. The second kappa shape index (κ2) is 12.6. The van der Waals surface area contributed by atoms with Crippen LogP contribution < -0.4 is 15.4 Å². The molecule has 1 aliphatic carbocycles. The zero-order valence-corrected chi connectivity index (χ0v) is 22.6. The molecule has 1 aromatic heterocycles. The van der Waals surface area contributed by atoms with E-state index in [2.05, 4.69) is 17.6 Å². The van der Waals surface area contributed by atoms with E-state index in [0.29, 0.717) is 35.0 Å². The fourth-order valence-electron chi connectivity index (χ4n) is 4.32. The molecule has 8 heteroatoms. The molecule has 2 amide bonds. The third-order valence-corrected chi connectivity index (χ3v) is 7.94. The van der Waals surface area contributed by atoms with Crippen LogP contribution in [0.4, 0.5) is 5.00 Å². The van der Waals surface area contributed by atoms with Crippen LogP contribution in [-0.2, 0) is 19.3 Å². The Morgan fingerprint density at radius 1 is 1.03 bits per heavy atom. The number of carbonyl (C=O) groups is 2. The van der Waals surface area contributed by atoms with Crippen LogP contribution in [0.5, 0.6) is 5.75 Å². The summed E-state index contributed by atoms with van der Waals surface area (Å²) in [5.41, 5.74) is 3.09. The van der Waals surface area contributed by atoms with Gasteiger partial charge in [0.05, 0.1) is 22.2 Å². The summed E-state index contributed by atoms with van der Waals surface area (Å²) in [7, 11) is 0. The predicted octanol–water partition coefficient (Wildman–Crippen LogP) is 7.34. The van der Waals surface area contributed by atoms with Gasteiger partial charge in [0.1, 0.15) is 5.00 Å². The number of amides is 2. The van der Waals surface area contributed by atoms with Crippen LogP contribution in [-0.4, -0.2) is 25.0 Å². The van der Waals surface area contributed by atoms with E-state index in [-0.39, 0.29) is 21.9 Å². The van der Waals surface area contributed by atoms with Crippen molar-refractivity contribution in [2.75, 3.05) is 18.5 Å². The number of rotatable bonds is 11. The molecule has 0 aliphatic heterocycles. The highest BCUT2D eigenvalue weighted by Crippen LogP contribution is 2.40. The van der Waals surface area contributed by atoms with Crippen LogP contribution in [0.2, 0.25) is 10.0 Å². The number of hydrogen-bond donors (Lipinski definition) is 2. The van der Waals surface area contributed by atoms with Gasteiger partial charge < -0.3 is 15.4 Å². The van der Waals surface area contributed by atoms with Gasteiger partial charge in [-0.2, -0.15) is 0 Å². The molecule has 3 aromatic rings. The van der Waals surface area contributed by atoms with Crippen molar-refractivity contribution in [2.45, 2.75) is 51.9 Å². The number of aryl methyl sites for hydroxylation is 1. The standard InChI is InChI=1S/C28H30Cl2N2O3S/c1-2-3-7-15-35-25-21(29)16-19(17-22(25)30)26(33)32-28-24(20-11-8-12-23(20)36-28)27(34)31-14-13-18-9-5-4-6-10-18/h4-6,9-10,16-17H,2-3,7-8,11-15H2,1H3,(H,31,34)(H,32,33). The summed E-state index contributed by atoms with van der Waals surface area (Å²) in [6.45, 7) is 3.16. The maximum atomic E-state index is 13.2. The van der Waals surface area contributed by atoms with Crippen molar-refractivity contribution in [2.24, 2.45) is 0 Å². The first-order valence-electron chi connectivity index (χ1n) is 12.4. The number of ether oxygens (including phenoxy) is 1. The Hall–Kier alpha value is -2.54. The zero-order chi connectivity index (χ0) is 25.5. The minimum atomic E-state index is -0.366. The van der Waals surface area contributed by atoms with Gasteiger partial charge in [-0.1, -0.05) is 73.3 Å². The van der Waals surface area contributed by atoms with Gasteiger partial charge in [-0.05, 0) is 55.4 Å². The molecule has 1 heterocycles. The van der Waals surface area contributed by atoms with E-state index in [4.69, 9.17) is 27.9 Å². The Balaban J connectivity index is 1.46. The highest BCUT2D eigenvalue weighted by Gasteiger charge is 2.28. The molecule has 0 unspecified atom stereocenters. The summed E-state index contributed by atoms with van der Waals surface area (Å²) in [4.78, 5) is 27.5. The summed E-state index contributed by atoms with van der Waals surface area (Å²) in [5, 5.41) is 7.11. The first kappa shape index (κ1) is 26.5. The molecule has 5 nitrogen and oxygen atoms in total. The summed E-state index contributed by atoms with van der Waals surface area (Å²) in [5.74, 6) is -0.137. The van der Waals surface area contributed by atoms with Crippen LogP contribution in [0.1, 0.15) is 69.3 Å². The number of thiophene rings is 1. The molecule has 36 heavy (non-hydrogen) atoms. The van der Waals surface area contributed by atoms with Crippen LogP contribution in [0.15, 0.2) is 42.5 Å². The highest BCUT2D eigenvalue weighted by molar-refractivity contribution is 7.17. The summed E-state index contributed by atoms with van der Waals surface area (Å²) >= 11 is 14.3. The monoisotopic (exact) mass is 544 g/mol. The minimum Gasteiger partial charge on any atom is -0.490 e. The fourth-order valence-corrected chi connectivity index (χ4v) is 6.19. The Labute approximate surface area is 226 Å². The largest absolute Gasteiger partial charge is 0.490 e. The first-order valence-corrected chi connectivity index (χ1v) is 13.9. The smallest absolute Gasteiger partial charge is 0.256 e. The van der Waals surface area contributed by atoms with Crippen LogP contribution in [0.25, 0.3) is 0 Å². The Kier molecular flexibility index (Phi) is 9.30. The lowest BCUT2D eigenvalue weighted by Gasteiger charge is -2.13. The number of hydrogen-bond acceptors (Lipinski definition) is 4. The Morgan fingerprint density at radius 3 is 2.50 bits per heavy atom. The normalized spacial score (nSPS) is 12.3. The third-order valence-electron chi connectivity index (χ3n) is 6.17. The van der Waals surface area contributed by atoms with Crippen molar-refractivity contribution < 1.29 is 14.3 Å². The van der Waals surface area contributed by atoms with Crippen molar-refractivity contribution in [1.82, 2.24) is 5.32 Å². The molecular weight excluding hydrogens is 515 g/mol. The molecule has 0 saturated heterocycles. The van der Waals surface area contributed by atoms with Crippen molar-refractivity contribution in [3.63, 3.8) is 0 Å². The van der Waals surface area contributed by atoms with Crippen molar-refractivity contribution in [3.05, 3.63) is 79.6 Å². The Morgan fingerprint density at radius 2 is 1.78 bits per heavy atom. The summed E-state index contributed by atoms with van der Waals surface area (Å²) < 4.78 is 5.74. The van der Waals surface area contributed by atoms with E-state index < -0.39 is 0 Å². The van der Waals surface area contributed by atoms with Crippen molar-refractivity contribution in [3.8, 4) is 5.75 Å². The van der Waals surface area contributed by atoms with Gasteiger partial charge in [0.15, 0.2) is 5.75 Å². The number of benzene rings is 2. The quantitative estimate of drug-likeness (QED) is 0.248. The maximum Gasteiger partial charge on any atom is 0.256 e. The lowest BCUT2D eigenvalue weighted by atomic mass is 10.1. The Bertz CT molecular complexity index is 1200. The molecule has 2 aromatic carbocycles. The first-order chi connectivity index (χ1) is 17.5. The van der Waals surface area contributed by atoms with E-state index in [9.17, 15) is 9.59 Å². The number of unbranched alkanes of at least 4 members (excludes halogenated alkanes) is 2. The van der Waals surface area contributed by atoms with E-state index in [1.54, 1.807) is 12.1 Å². The number of anilines is 1. The van der Waals surface area contributed by atoms with Gasteiger partial charge >= 0.3 is 0 Å². The third kappa shape index (κ3) is 6.41. The minimum absolute atomic E-state index is 0.160. The molecule has 0 atom stereocenters. The van der Waals surface area contributed by atoms with Gasteiger partial charge in [0.25, 0.3) is 11.8 Å². The average molecular weight is 546 g/mol. The summed E-state index contributed by atoms with van der Waals surface area (Å²) in [6.07, 6.45) is 6.57. The number of carbonyl (C=O) groups excluding carboxylic acids is 2. The van der Waals surface area contributed by atoms with Crippen LogP contribution in [0.3, 0.4) is 0 Å². The van der Waals surface area contributed by atoms with E-state index in [1.807, 2.05) is 30.3 Å². The average Bonchev–Trinajstić information content (AvgIpc) is 3.44. The number of fused-ring (bicyclic) bond motifs is 1. The second-order valence-corrected chi connectivity index (χ2v) is 10.8. The fraction of sp³-hybridized carbons (Fsp3) is 0.357. The van der Waals surface area contributed by atoms with E-state index in [1.165, 1.54) is 11.3 Å². The predicted molar refractivity (Wildman–Crippen MR) is 148 cm³/mol. The van der Waals surface area contributed by atoms with Crippen LogP contribution in [0, 0.1) is 0 Å². The summed E-state index contributed by atoms with van der Waals surface area (Å²) in [6, 6.07) is 13.1. The molecule has 2 N–H and O–H groups in total. The topological polar surface area (TPSA) is 67.4 Å². The lowest BCUT2D eigenvalue weighted by Crippen LogP contribution is -2.27. The second-order valence-electron chi connectivity index (χ2n) is 8.83. The molecule has 0 saturated carbocycles. The maximum absolute atomic E-state index is 13.2.